The summed E-state index contributed by atoms with van der Waals surface area (Å²) in [4.78, 5) is 0. The first-order valence-electron chi connectivity index (χ1n) is 8.28. The summed E-state index contributed by atoms with van der Waals surface area (Å²) in [6.07, 6.45) is 1.07. The summed E-state index contributed by atoms with van der Waals surface area (Å²) < 4.78 is 26.2. The first-order chi connectivity index (χ1) is 12.1. The van der Waals surface area contributed by atoms with Crippen LogP contribution in [0.2, 0.25) is 5.02 Å². The highest BCUT2D eigenvalue weighted by Gasteiger charge is 2.15. The first-order valence-corrected chi connectivity index (χ1v) is 9.45. The molecule has 136 valence electrons. The van der Waals surface area contributed by atoms with E-state index in [0.717, 1.165) is 29.5 Å². The average molecular weight is 431 g/mol. The van der Waals surface area contributed by atoms with E-state index in [2.05, 4.69) is 28.2 Å². The van der Waals surface area contributed by atoms with Crippen LogP contribution in [-0.4, -0.2) is 13.2 Å². The highest BCUT2D eigenvalue weighted by Crippen LogP contribution is 2.38. The summed E-state index contributed by atoms with van der Waals surface area (Å²) in [5.41, 5.74) is 1.41. The van der Waals surface area contributed by atoms with Gasteiger partial charge in [-0.05, 0) is 65.6 Å². The van der Waals surface area contributed by atoms with E-state index in [0.29, 0.717) is 28.7 Å². The molecule has 2 aromatic rings. The lowest BCUT2D eigenvalue weighted by molar-refractivity contribution is 0.264. The second-order valence-corrected chi connectivity index (χ2v) is 6.77. The Kier molecular flexibility index (Phi) is 8.00. The number of benzene rings is 2. The molecule has 0 heterocycles. The zero-order valence-corrected chi connectivity index (χ0v) is 16.7. The number of rotatable bonds is 9. The fraction of sp³-hybridized carbons (Fsp3) is 0.368. The topological polar surface area (TPSA) is 30.5 Å². The molecule has 0 spiro atoms. The van der Waals surface area contributed by atoms with Crippen LogP contribution in [0.3, 0.4) is 0 Å². The summed E-state index contributed by atoms with van der Waals surface area (Å²) >= 11 is 9.59. The molecular weight excluding hydrogens is 409 g/mol. The Bertz CT molecular complexity index is 692. The van der Waals surface area contributed by atoms with Gasteiger partial charge >= 0.3 is 0 Å². The van der Waals surface area contributed by atoms with Crippen molar-refractivity contribution in [2.45, 2.75) is 33.4 Å². The molecule has 6 heteroatoms. The van der Waals surface area contributed by atoms with Crippen LogP contribution in [0.15, 0.2) is 34.8 Å². The fourth-order valence-corrected chi connectivity index (χ4v) is 3.17. The van der Waals surface area contributed by atoms with Gasteiger partial charge in [0.2, 0.25) is 0 Å². The van der Waals surface area contributed by atoms with Crippen molar-refractivity contribution >= 4 is 27.5 Å². The minimum absolute atomic E-state index is 0.0254. The summed E-state index contributed by atoms with van der Waals surface area (Å²) in [6.45, 7) is 6.26. The van der Waals surface area contributed by atoms with Gasteiger partial charge in [0.05, 0.1) is 16.1 Å². The number of halogens is 3. The van der Waals surface area contributed by atoms with Gasteiger partial charge in [-0.3, -0.25) is 0 Å². The van der Waals surface area contributed by atoms with Gasteiger partial charge in [-0.15, -0.1) is 0 Å². The SMILES string of the molecule is CCCNCc1cc(Br)c(OCc2c(F)cccc2Cl)c(OCC)c1. The van der Waals surface area contributed by atoms with Crippen LogP contribution < -0.4 is 14.8 Å². The Labute approximate surface area is 161 Å². The Morgan fingerprint density at radius 1 is 1.20 bits per heavy atom. The predicted octanol–water partition coefficient (Wildman–Crippen LogP) is 5.72. The highest BCUT2D eigenvalue weighted by atomic mass is 79.9. The minimum Gasteiger partial charge on any atom is -0.490 e. The van der Waals surface area contributed by atoms with Crippen LogP contribution in [0.5, 0.6) is 11.5 Å². The Morgan fingerprint density at radius 3 is 2.68 bits per heavy atom. The molecule has 0 saturated carbocycles. The van der Waals surface area contributed by atoms with Crippen molar-refractivity contribution < 1.29 is 13.9 Å². The monoisotopic (exact) mass is 429 g/mol. The summed E-state index contributed by atoms with van der Waals surface area (Å²) in [6, 6.07) is 8.50. The average Bonchev–Trinajstić information content (AvgIpc) is 2.57. The quantitative estimate of drug-likeness (QED) is 0.516. The van der Waals surface area contributed by atoms with Crippen LogP contribution in [0.25, 0.3) is 0 Å². The third-order valence-electron chi connectivity index (χ3n) is 3.55. The van der Waals surface area contributed by atoms with Gasteiger partial charge < -0.3 is 14.8 Å². The van der Waals surface area contributed by atoms with Crippen molar-refractivity contribution in [1.82, 2.24) is 5.32 Å². The summed E-state index contributed by atoms with van der Waals surface area (Å²) in [7, 11) is 0. The van der Waals surface area contributed by atoms with Crippen molar-refractivity contribution in [3.63, 3.8) is 0 Å². The number of ether oxygens (including phenoxy) is 2. The van der Waals surface area contributed by atoms with E-state index in [-0.39, 0.29) is 12.4 Å². The molecule has 0 atom stereocenters. The van der Waals surface area contributed by atoms with Gasteiger partial charge in [-0.2, -0.15) is 0 Å². The van der Waals surface area contributed by atoms with Crippen molar-refractivity contribution in [1.29, 1.82) is 0 Å². The maximum Gasteiger partial charge on any atom is 0.175 e. The van der Waals surface area contributed by atoms with Crippen LogP contribution in [0.1, 0.15) is 31.4 Å². The van der Waals surface area contributed by atoms with Gasteiger partial charge in [-0.1, -0.05) is 24.6 Å². The van der Waals surface area contributed by atoms with Crippen molar-refractivity contribution in [2.24, 2.45) is 0 Å². The van der Waals surface area contributed by atoms with Crippen molar-refractivity contribution in [3.8, 4) is 11.5 Å². The molecule has 0 unspecified atom stereocenters. The highest BCUT2D eigenvalue weighted by molar-refractivity contribution is 9.10. The van der Waals surface area contributed by atoms with E-state index in [9.17, 15) is 4.39 Å². The molecule has 2 rings (SSSR count). The standard InChI is InChI=1S/C19H22BrClFNO2/c1-3-8-23-11-13-9-15(20)19(18(10-13)24-4-2)25-12-14-16(21)6-5-7-17(14)22/h5-7,9-10,23H,3-4,8,11-12H2,1-2H3. The van der Waals surface area contributed by atoms with Crippen LogP contribution in [-0.2, 0) is 13.2 Å². The molecular formula is C19H22BrClFNO2. The zero-order valence-electron chi connectivity index (χ0n) is 14.4. The van der Waals surface area contributed by atoms with E-state index in [4.69, 9.17) is 21.1 Å². The van der Waals surface area contributed by atoms with Crippen LogP contribution >= 0.6 is 27.5 Å². The maximum atomic E-state index is 13.9. The second-order valence-electron chi connectivity index (χ2n) is 5.50. The molecule has 1 N–H and O–H groups in total. The fourth-order valence-electron chi connectivity index (χ4n) is 2.35. The van der Waals surface area contributed by atoms with Gasteiger partial charge in [0.1, 0.15) is 12.4 Å². The van der Waals surface area contributed by atoms with E-state index < -0.39 is 0 Å². The zero-order chi connectivity index (χ0) is 18.2. The Morgan fingerprint density at radius 2 is 2.00 bits per heavy atom. The van der Waals surface area contributed by atoms with E-state index >= 15 is 0 Å². The molecule has 0 aromatic heterocycles. The molecule has 3 nitrogen and oxygen atoms in total. The molecule has 0 aliphatic carbocycles. The van der Waals surface area contributed by atoms with Gasteiger partial charge in [0.25, 0.3) is 0 Å². The first kappa shape index (κ1) is 20.0. The van der Waals surface area contributed by atoms with E-state index in [1.165, 1.54) is 6.07 Å². The molecule has 0 radical (unpaired) electrons. The van der Waals surface area contributed by atoms with E-state index in [1.807, 2.05) is 19.1 Å². The van der Waals surface area contributed by atoms with Gasteiger partial charge in [0.15, 0.2) is 11.5 Å². The number of hydrogen-bond acceptors (Lipinski definition) is 3. The summed E-state index contributed by atoms with van der Waals surface area (Å²) in [5, 5.41) is 3.70. The van der Waals surface area contributed by atoms with Crippen LogP contribution in [0, 0.1) is 5.82 Å². The normalized spacial score (nSPS) is 10.8. The minimum atomic E-state index is -0.387. The molecule has 0 amide bonds. The molecule has 2 aromatic carbocycles. The molecule has 0 fully saturated rings. The lowest BCUT2D eigenvalue weighted by Gasteiger charge is -2.16. The van der Waals surface area contributed by atoms with Crippen LogP contribution in [0.4, 0.5) is 4.39 Å². The van der Waals surface area contributed by atoms with Gasteiger partial charge in [0, 0.05) is 12.1 Å². The molecule has 0 saturated heterocycles. The predicted molar refractivity (Wildman–Crippen MR) is 103 cm³/mol. The Hall–Kier alpha value is -1.30. The third-order valence-corrected chi connectivity index (χ3v) is 4.49. The maximum absolute atomic E-state index is 13.9. The smallest absolute Gasteiger partial charge is 0.175 e. The molecule has 25 heavy (non-hydrogen) atoms. The third kappa shape index (κ3) is 5.59. The number of hydrogen-bond donors (Lipinski definition) is 1. The van der Waals surface area contributed by atoms with Crippen molar-refractivity contribution in [3.05, 3.63) is 56.8 Å². The van der Waals surface area contributed by atoms with E-state index in [1.54, 1.807) is 12.1 Å². The lowest BCUT2D eigenvalue weighted by Crippen LogP contribution is -2.14. The molecule has 0 aliphatic rings. The Balaban J connectivity index is 2.21. The lowest BCUT2D eigenvalue weighted by atomic mass is 10.2. The largest absolute Gasteiger partial charge is 0.490 e. The second kappa shape index (κ2) is 10.00. The molecule has 0 aliphatic heterocycles. The molecule has 0 bridgehead atoms. The van der Waals surface area contributed by atoms with Gasteiger partial charge in [-0.25, -0.2) is 4.39 Å². The number of nitrogens with one attached hydrogen (secondary N) is 1. The van der Waals surface area contributed by atoms with Crippen molar-refractivity contribution in [2.75, 3.05) is 13.2 Å². The summed E-state index contributed by atoms with van der Waals surface area (Å²) in [5.74, 6) is 0.778.